The molecule has 56 valence electrons. The summed E-state index contributed by atoms with van der Waals surface area (Å²) in [6.07, 6.45) is 1.46. The van der Waals surface area contributed by atoms with Crippen LogP contribution in [0.15, 0.2) is 0 Å². The van der Waals surface area contributed by atoms with E-state index in [-0.39, 0.29) is 0 Å². The second-order valence-corrected chi connectivity index (χ2v) is 2.90. The molecule has 0 bridgehead atoms. The molecule has 2 nitrogen and oxygen atoms in total. The highest BCUT2D eigenvalue weighted by atomic mass is 79.9. The number of aliphatic hydroxyl groups is 1. The van der Waals surface area contributed by atoms with Crippen LogP contribution in [0.4, 0.5) is 0 Å². The van der Waals surface area contributed by atoms with Crippen molar-refractivity contribution >= 4 is 15.9 Å². The number of piperidine rings is 1. The Morgan fingerprint density at radius 1 is 1.40 bits per heavy atom. The van der Waals surface area contributed by atoms with Crippen LogP contribution in [0, 0.1) is 10.8 Å². The van der Waals surface area contributed by atoms with Crippen LogP contribution in [0.2, 0.25) is 0 Å². The smallest absolute Gasteiger partial charge is 0.128 e. The molecule has 1 aliphatic heterocycles. The van der Waals surface area contributed by atoms with E-state index in [2.05, 4.69) is 32.0 Å². The van der Waals surface area contributed by atoms with Crippen molar-refractivity contribution in [1.29, 1.82) is 0 Å². The zero-order valence-corrected chi connectivity index (χ0v) is 7.24. The van der Waals surface area contributed by atoms with Crippen LogP contribution < -0.4 is 5.32 Å². The van der Waals surface area contributed by atoms with E-state index in [4.69, 9.17) is 0 Å². The molecule has 1 fully saturated rings. The Bertz CT molecular complexity index is 164. The molecule has 1 aliphatic rings. The molecule has 10 heavy (non-hydrogen) atoms. The second-order valence-electron chi connectivity index (χ2n) is 2.50. The van der Waals surface area contributed by atoms with Crippen LogP contribution in [0.3, 0.4) is 0 Å². The van der Waals surface area contributed by atoms with Crippen LogP contribution in [0.5, 0.6) is 0 Å². The summed E-state index contributed by atoms with van der Waals surface area (Å²) in [4.78, 5) is 2.56. The standard InChI is InChI=1S/C7H10BrNO/c8-4-1-7(10)2-5-9-6-3-7/h9-10H,2-3,5-6H2. The van der Waals surface area contributed by atoms with E-state index in [1.807, 2.05) is 0 Å². The van der Waals surface area contributed by atoms with E-state index < -0.39 is 5.60 Å². The fourth-order valence-corrected chi connectivity index (χ4v) is 1.42. The molecule has 0 saturated carbocycles. The van der Waals surface area contributed by atoms with Gasteiger partial charge in [-0.2, -0.15) is 0 Å². The highest BCUT2D eigenvalue weighted by molar-refractivity contribution is 9.12. The van der Waals surface area contributed by atoms with Gasteiger partial charge in [-0.05, 0) is 17.9 Å². The number of hydrogen-bond acceptors (Lipinski definition) is 2. The molecule has 0 aromatic heterocycles. The molecule has 1 rings (SSSR count). The average Bonchev–Trinajstić information content (AvgIpc) is 1.89. The molecule has 0 aromatic carbocycles. The first kappa shape index (κ1) is 8.06. The average molecular weight is 204 g/mol. The monoisotopic (exact) mass is 203 g/mol. The molecule has 1 saturated heterocycles. The van der Waals surface area contributed by atoms with Crippen molar-refractivity contribution in [3.63, 3.8) is 0 Å². The summed E-state index contributed by atoms with van der Waals surface area (Å²) in [6, 6.07) is 0. The van der Waals surface area contributed by atoms with Crippen molar-refractivity contribution < 1.29 is 5.11 Å². The maximum atomic E-state index is 9.63. The maximum absolute atomic E-state index is 9.63. The van der Waals surface area contributed by atoms with Gasteiger partial charge in [-0.1, -0.05) is 5.92 Å². The van der Waals surface area contributed by atoms with Crippen LogP contribution in [0.1, 0.15) is 12.8 Å². The van der Waals surface area contributed by atoms with Gasteiger partial charge in [-0.25, -0.2) is 0 Å². The van der Waals surface area contributed by atoms with Crippen molar-refractivity contribution in [2.75, 3.05) is 13.1 Å². The molecule has 0 amide bonds. The van der Waals surface area contributed by atoms with E-state index in [1.165, 1.54) is 0 Å². The Morgan fingerprint density at radius 3 is 2.50 bits per heavy atom. The highest BCUT2D eigenvalue weighted by Crippen LogP contribution is 2.16. The van der Waals surface area contributed by atoms with Crippen molar-refractivity contribution in [3.8, 4) is 10.8 Å². The first-order valence-corrected chi connectivity index (χ1v) is 4.12. The van der Waals surface area contributed by atoms with Gasteiger partial charge >= 0.3 is 0 Å². The number of halogens is 1. The van der Waals surface area contributed by atoms with Gasteiger partial charge in [0.15, 0.2) is 0 Å². The largest absolute Gasteiger partial charge is 0.377 e. The van der Waals surface area contributed by atoms with Crippen molar-refractivity contribution in [2.24, 2.45) is 0 Å². The number of hydrogen-bond donors (Lipinski definition) is 2. The molecular weight excluding hydrogens is 194 g/mol. The first-order chi connectivity index (χ1) is 4.77. The van der Waals surface area contributed by atoms with Crippen LogP contribution in [-0.2, 0) is 0 Å². The third-order valence-corrected chi connectivity index (χ3v) is 1.91. The fourth-order valence-electron chi connectivity index (χ4n) is 1.05. The summed E-state index contributed by atoms with van der Waals surface area (Å²) in [5.41, 5.74) is -0.741. The summed E-state index contributed by atoms with van der Waals surface area (Å²) in [7, 11) is 0. The summed E-state index contributed by atoms with van der Waals surface area (Å²) in [6.45, 7) is 1.72. The fraction of sp³-hybridized carbons (Fsp3) is 0.714. The highest BCUT2D eigenvalue weighted by Gasteiger charge is 2.26. The van der Waals surface area contributed by atoms with Gasteiger partial charge in [0.05, 0.1) is 0 Å². The molecule has 0 atom stereocenters. The minimum atomic E-state index is -0.741. The molecule has 0 spiro atoms. The van der Waals surface area contributed by atoms with Gasteiger partial charge in [-0.3, -0.25) is 0 Å². The van der Waals surface area contributed by atoms with E-state index in [0.29, 0.717) is 0 Å². The summed E-state index contributed by atoms with van der Waals surface area (Å²) in [5.74, 6) is 2.74. The van der Waals surface area contributed by atoms with Gasteiger partial charge in [-0.15, -0.1) is 0 Å². The Kier molecular flexibility index (Phi) is 2.72. The molecule has 1 heterocycles. The van der Waals surface area contributed by atoms with E-state index in [0.717, 1.165) is 25.9 Å². The lowest BCUT2D eigenvalue weighted by atomic mass is 9.94. The van der Waals surface area contributed by atoms with Crippen LogP contribution >= 0.6 is 15.9 Å². The van der Waals surface area contributed by atoms with Gasteiger partial charge in [0.2, 0.25) is 0 Å². The molecular formula is C7H10BrNO. The van der Waals surface area contributed by atoms with Gasteiger partial charge in [0.25, 0.3) is 0 Å². The Hall–Kier alpha value is -0.0400. The van der Waals surface area contributed by atoms with Gasteiger partial charge < -0.3 is 10.4 Å². The third-order valence-electron chi connectivity index (χ3n) is 1.71. The van der Waals surface area contributed by atoms with Gasteiger partial charge in [0, 0.05) is 28.8 Å². The predicted molar refractivity (Wildman–Crippen MR) is 43.8 cm³/mol. The minimum absolute atomic E-state index is 0.728. The van der Waals surface area contributed by atoms with E-state index in [1.54, 1.807) is 0 Å². The van der Waals surface area contributed by atoms with Crippen molar-refractivity contribution in [2.45, 2.75) is 18.4 Å². The molecule has 0 aliphatic carbocycles. The second kappa shape index (κ2) is 3.38. The Morgan fingerprint density at radius 2 is 2.00 bits per heavy atom. The Balaban J connectivity index is 2.53. The quantitative estimate of drug-likeness (QED) is 0.561. The summed E-state index contributed by atoms with van der Waals surface area (Å²) in [5, 5.41) is 12.8. The molecule has 2 N–H and O–H groups in total. The molecule has 0 aromatic rings. The van der Waals surface area contributed by atoms with E-state index in [9.17, 15) is 5.11 Å². The Labute approximate surface area is 69.1 Å². The summed E-state index contributed by atoms with van der Waals surface area (Å²) < 4.78 is 0. The lowest BCUT2D eigenvalue weighted by Gasteiger charge is -2.26. The lowest BCUT2D eigenvalue weighted by molar-refractivity contribution is 0.0680. The number of rotatable bonds is 0. The summed E-state index contributed by atoms with van der Waals surface area (Å²) >= 11 is 2.98. The third kappa shape index (κ3) is 1.98. The minimum Gasteiger partial charge on any atom is -0.377 e. The van der Waals surface area contributed by atoms with E-state index >= 15 is 0 Å². The van der Waals surface area contributed by atoms with Crippen molar-refractivity contribution in [3.05, 3.63) is 0 Å². The zero-order valence-electron chi connectivity index (χ0n) is 5.65. The molecule has 0 unspecified atom stereocenters. The number of nitrogens with one attached hydrogen (secondary N) is 1. The van der Waals surface area contributed by atoms with Gasteiger partial charge in [0.1, 0.15) is 5.60 Å². The zero-order chi connectivity index (χ0) is 7.45. The SMILES string of the molecule is OC1(C#CBr)CCNCC1. The van der Waals surface area contributed by atoms with Crippen molar-refractivity contribution in [1.82, 2.24) is 5.32 Å². The van der Waals surface area contributed by atoms with Crippen LogP contribution in [0.25, 0.3) is 0 Å². The molecule has 0 radical (unpaired) electrons. The molecule has 3 heteroatoms. The maximum Gasteiger partial charge on any atom is 0.128 e. The topological polar surface area (TPSA) is 32.3 Å². The normalized spacial score (nSPS) is 23.0. The predicted octanol–water partition coefficient (Wildman–Crippen LogP) is 0.457. The van der Waals surface area contributed by atoms with Crippen LogP contribution in [-0.4, -0.2) is 23.8 Å². The lowest BCUT2D eigenvalue weighted by Crippen LogP contribution is -2.40. The first-order valence-electron chi connectivity index (χ1n) is 3.33.